The summed E-state index contributed by atoms with van der Waals surface area (Å²) in [4.78, 5) is 5.94. The number of hydrogen-bond donors (Lipinski definition) is 2. The quantitative estimate of drug-likeness (QED) is 0.444. The normalized spacial score (nSPS) is 17.2. The molecule has 2 heterocycles. The first-order chi connectivity index (χ1) is 12.7. The number of aryl methyl sites for hydroxylation is 2. The van der Waals surface area contributed by atoms with Crippen LogP contribution in [-0.4, -0.2) is 35.9 Å². The van der Waals surface area contributed by atoms with Crippen molar-refractivity contribution in [2.24, 2.45) is 12.0 Å². The Kier molecular flexibility index (Phi) is 6.72. The summed E-state index contributed by atoms with van der Waals surface area (Å²) in [6.45, 7) is 1.89. The first kappa shape index (κ1) is 19.0. The molecule has 2 N–H and O–H groups in total. The van der Waals surface area contributed by atoms with E-state index in [9.17, 15) is 0 Å². The van der Waals surface area contributed by atoms with Gasteiger partial charge in [0, 0.05) is 43.7 Å². The van der Waals surface area contributed by atoms with Gasteiger partial charge in [0.1, 0.15) is 0 Å². The Morgan fingerprint density at radius 2 is 2.15 bits per heavy atom. The first-order valence-corrected chi connectivity index (χ1v) is 10.6. The van der Waals surface area contributed by atoms with Crippen molar-refractivity contribution < 1.29 is 0 Å². The Morgan fingerprint density at radius 1 is 1.31 bits per heavy atom. The van der Waals surface area contributed by atoms with Crippen LogP contribution in [0.3, 0.4) is 0 Å². The van der Waals surface area contributed by atoms with Gasteiger partial charge in [0.05, 0.1) is 6.20 Å². The van der Waals surface area contributed by atoms with E-state index in [0.717, 1.165) is 31.9 Å². The number of aromatic nitrogens is 2. The van der Waals surface area contributed by atoms with Crippen molar-refractivity contribution >= 4 is 17.3 Å². The summed E-state index contributed by atoms with van der Waals surface area (Å²) in [5.74, 6) is 0.915. The molecule has 0 bridgehead atoms. The van der Waals surface area contributed by atoms with Crippen LogP contribution < -0.4 is 10.6 Å². The van der Waals surface area contributed by atoms with Crippen LogP contribution in [0.5, 0.6) is 0 Å². The molecule has 0 unspecified atom stereocenters. The summed E-state index contributed by atoms with van der Waals surface area (Å²) in [6.07, 6.45) is 12.7. The zero-order valence-electron chi connectivity index (χ0n) is 16.0. The van der Waals surface area contributed by atoms with Crippen LogP contribution >= 0.6 is 11.3 Å². The molecule has 6 heteroatoms. The van der Waals surface area contributed by atoms with Gasteiger partial charge in [-0.25, -0.2) is 0 Å². The molecule has 26 heavy (non-hydrogen) atoms. The van der Waals surface area contributed by atoms with E-state index in [1.165, 1.54) is 42.5 Å². The van der Waals surface area contributed by atoms with E-state index in [2.05, 4.69) is 44.4 Å². The highest BCUT2D eigenvalue weighted by molar-refractivity contribution is 7.10. The second-order valence-corrected chi connectivity index (χ2v) is 8.24. The highest BCUT2D eigenvalue weighted by atomic mass is 32.1. The average molecular weight is 374 g/mol. The van der Waals surface area contributed by atoms with Gasteiger partial charge in [0.25, 0.3) is 0 Å². The van der Waals surface area contributed by atoms with Gasteiger partial charge in [-0.15, -0.1) is 11.3 Å². The molecule has 1 aliphatic carbocycles. The molecule has 142 valence electrons. The predicted molar refractivity (Wildman–Crippen MR) is 110 cm³/mol. The smallest absolute Gasteiger partial charge is 0.191 e. The van der Waals surface area contributed by atoms with Gasteiger partial charge < -0.3 is 10.6 Å². The van der Waals surface area contributed by atoms with E-state index in [1.807, 2.05) is 36.3 Å². The second-order valence-electron chi connectivity index (χ2n) is 7.30. The van der Waals surface area contributed by atoms with E-state index in [4.69, 9.17) is 0 Å². The van der Waals surface area contributed by atoms with Gasteiger partial charge in [-0.3, -0.25) is 9.67 Å². The fourth-order valence-electron chi connectivity index (χ4n) is 3.89. The molecular formula is C20H31N5S. The lowest BCUT2D eigenvalue weighted by Gasteiger charge is -2.37. The fraction of sp³-hybridized carbons (Fsp3) is 0.600. The molecule has 1 fully saturated rings. The lowest BCUT2D eigenvalue weighted by Crippen LogP contribution is -2.46. The van der Waals surface area contributed by atoms with Gasteiger partial charge >= 0.3 is 0 Å². The molecule has 3 rings (SSSR count). The molecule has 5 nitrogen and oxygen atoms in total. The molecular weight excluding hydrogens is 342 g/mol. The molecule has 0 aliphatic heterocycles. The van der Waals surface area contributed by atoms with Crippen molar-refractivity contribution in [2.75, 3.05) is 20.1 Å². The third-order valence-electron chi connectivity index (χ3n) is 5.37. The van der Waals surface area contributed by atoms with Crippen LogP contribution in [0, 0.1) is 0 Å². The maximum absolute atomic E-state index is 4.41. The Hall–Kier alpha value is -1.82. The largest absolute Gasteiger partial charge is 0.356 e. The number of guanidine groups is 1. The van der Waals surface area contributed by atoms with E-state index in [1.54, 1.807) is 0 Å². The molecule has 2 aromatic heterocycles. The lowest BCUT2D eigenvalue weighted by molar-refractivity contribution is 0.296. The van der Waals surface area contributed by atoms with Crippen LogP contribution in [0.4, 0.5) is 0 Å². The summed E-state index contributed by atoms with van der Waals surface area (Å²) >= 11 is 1.90. The van der Waals surface area contributed by atoms with Crippen LogP contribution in [0.2, 0.25) is 0 Å². The average Bonchev–Trinajstić information content (AvgIpc) is 3.34. The lowest BCUT2D eigenvalue weighted by atomic mass is 9.73. The zero-order chi connectivity index (χ0) is 18.2. The molecule has 0 amide bonds. The molecule has 0 saturated heterocycles. The minimum atomic E-state index is 0.278. The highest BCUT2D eigenvalue weighted by Crippen LogP contribution is 2.41. The van der Waals surface area contributed by atoms with Gasteiger partial charge in [0.2, 0.25) is 0 Å². The van der Waals surface area contributed by atoms with Crippen LogP contribution in [-0.2, 0) is 18.9 Å². The van der Waals surface area contributed by atoms with E-state index >= 15 is 0 Å². The minimum absolute atomic E-state index is 0.278. The minimum Gasteiger partial charge on any atom is -0.356 e. The van der Waals surface area contributed by atoms with Gasteiger partial charge in [-0.05, 0) is 42.7 Å². The maximum Gasteiger partial charge on any atom is 0.191 e. The number of rotatable bonds is 7. The summed E-state index contributed by atoms with van der Waals surface area (Å²) in [7, 11) is 3.82. The van der Waals surface area contributed by atoms with Crippen LogP contribution in [0.15, 0.2) is 34.9 Å². The van der Waals surface area contributed by atoms with Gasteiger partial charge in [-0.2, -0.15) is 5.10 Å². The summed E-state index contributed by atoms with van der Waals surface area (Å²) in [5, 5.41) is 13.5. The number of hydrogen-bond acceptors (Lipinski definition) is 3. The molecule has 0 aromatic carbocycles. The highest BCUT2D eigenvalue weighted by Gasteiger charge is 2.34. The van der Waals surface area contributed by atoms with Crippen LogP contribution in [0.1, 0.15) is 49.0 Å². The second kappa shape index (κ2) is 9.21. The SMILES string of the molecule is CN=C(NCCCc1cnn(C)c1)NCC1(c2cccs2)CCCCC1. The van der Waals surface area contributed by atoms with Gasteiger partial charge in [0.15, 0.2) is 5.96 Å². The van der Waals surface area contributed by atoms with E-state index in [-0.39, 0.29) is 5.41 Å². The summed E-state index contributed by atoms with van der Waals surface area (Å²) in [6, 6.07) is 4.49. The standard InChI is InChI=1S/C20H31N5S/c1-21-19(22-12-6-8-17-14-24-25(2)15-17)23-16-20(10-4-3-5-11-20)18-9-7-13-26-18/h7,9,13-15H,3-6,8,10-12,16H2,1-2H3,(H2,21,22,23). The van der Waals surface area contributed by atoms with Crippen molar-refractivity contribution in [3.8, 4) is 0 Å². The first-order valence-electron chi connectivity index (χ1n) is 9.68. The Bertz CT molecular complexity index is 683. The number of nitrogens with zero attached hydrogens (tertiary/aromatic N) is 3. The van der Waals surface area contributed by atoms with Crippen molar-refractivity contribution in [2.45, 2.75) is 50.4 Å². The Balaban J connectivity index is 1.48. The number of nitrogens with one attached hydrogen (secondary N) is 2. The Labute approximate surface area is 160 Å². The molecule has 1 aliphatic rings. The Morgan fingerprint density at radius 3 is 2.81 bits per heavy atom. The van der Waals surface area contributed by atoms with Crippen molar-refractivity contribution in [1.29, 1.82) is 0 Å². The van der Waals surface area contributed by atoms with Crippen molar-refractivity contribution in [3.63, 3.8) is 0 Å². The predicted octanol–water partition coefficient (Wildman–Crippen LogP) is 3.48. The topological polar surface area (TPSA) is 54.2 Å². The molecule has 0 atom stereocenters. The summed E-state index contributed by atoms with van der Waals surface area (Å²) in [5.41, 5.74) is 1.57. The monoisotopic (exact) mass is 373 g/mol. The van der Waals surface area contributed by atoms with E-state index < -0.39 is 0 Å². The van der Waals surface area contributed by atoms with Crippen LogP contribution in [0.25, 0.3) is 0 Å². The molecule has 2 aromatic rings. The molecule has 1 saturated carbocycles. The summed E-state index contributed by atoms with van der Waals surface area (Å²) < 4.78 is 1.86. The third kappa shape index (κ3) is 4.87. The fourth-order valence-corrected chi connectivity index (χ4v) is 4.88. The third-order valence-corrected chi connectivity index (χ3v) is 6.48. The zero-order valence-corrected chi connectivity index (χ0v) is 16.8. The number of aliphatic imine (C=N–C) groups is 1. The number of thiophene rings is 1. The molecule has 0 spiro atoms. The van der Waals surface area contributed by atoms with E-state index in [0.29, 0.717) is 0 Å². The molecule has 0 radical (unpaired) electrons. The van der Waals surface area contributed by atoms with Gasteiger partial charge in [-0.1, -0.05) is 25.3 Å². The van der Waals surface area contributed by atoms with Crippen molar-refractivity contribution in [1.82, 2.24) is 20.4 Å². The van der Waals surface area contributed by atoms with Crippen molar-refractivity contribution in [3.05, 3.63) is 40.3 Å². The maximum atomic E-state index is 4.41.